The summed E-state index contributed by atoms with van der Waals surface area (Å²) >= 11 is 0. The van der Waals surface area contributed by atoms with Crippen LogP contribution in [0, 0.1) is 5.92 Å². The third kappa shape index (κ3) is 6.61. The molecule has 0 heterocycles. The van der Waals surface area contributed by atoms with Crippen molar-refractivity contribution in [3.63, 3.8) is 0 Å². The molecule has 1 atom stereocenters. The fraction of sp³-hybridized carbons (Fsp3) is 0.438. The fourth-order valence-corrected chi connectivity index (χ4v) is 1.82. The molecule has 1 aromatic carbocycles. The summed E-state index contributed by atoms with van der Waals surface area (Å²) in [6, 6.07) is 8.50. The van der Waals surface area contributed by atoms with Crippen molar-refractivity contribution in [2.75, 3.05) is 33.9 Å². The molecule has 0 aliphatic heterocycles. The van der Waals surface area contributed by atoms with Crippen molar-refractivity contribution in [3.05, 3.63) is 35.9 Å². The molecule has 8 heteroatoms. The highest BCUT2D eigenvalue weighted by Crippen LogP contribution is 2.04. The maximum absolute atomic E-state index is 11.9. The first-order valence-electron chi connectivity index (χ1n) is 7.56. The van der Waals surface area contributed by atoms with Crippen LogP contribution in [0.4, 0.5) is 4.79 Å². The van der Waals surface area contributed by atoms with Gasteiger partial charge in [0.1, 0.15) is 0 Å². The zero-order valence-electron chi connectivity index (χ0n) is 14.1. The quantitative estimate of drug-likeness (QED) is 0.479. The van der Waals surface area contributed by atoms with Crippen LogP contribution in [0.1, 0.15) is 17.3 Å². The fourth-order valence-electron chi connectivity index (χ4n) is 1.82. The van der Waals surface area contributed by atoms with Crippen LogP contribution in [0.15, 0.2) is 30.3 Å². The first kappa shape index (κ1) is 20.0. The van der Waals surface area contributed by atoms with Crippen LogP contribution in [0.25, 0.3) is 0 Å². The van der Waals surface area contributed by atoms with Gasteiger partial charge in [0, 0.05) is 25.2 Å². The second kappa shape index (κ2) is 10.7. The van der Waals surface area contributed by atoms with E-state index in [4.69, 9.17) is 14.0 Å². The third-order valence-corrected chi connectivity index (χ3v) is 3.25. The largest absolute Gasteiger partial charge is 0.584 e. The van der Waals surface area contributed by atoms with Gasteiger partial charge in [0.2, 0.25) is 0 Å². The SMILES string of the molecule is CNCC(=O)[C@H](C)COB(OC)C(=O)OCC(=O)c1ccccc1. The number of benzene rings is 1. The van der Waals surface area contributed by atoms with Gasteiger partial charge in [0.15, 0.2) is 18.2 Å². The van der Waals surface area contributed by atoms with Gasteiger partial charge in [-0.2, -0.15) is 0 Å². The van der Waals surface area contributed by atoms with Gasteiger partial charge in [-0.05, 0) is 7.05 Å². The van der Waals surface area contributed by atoms with E-state index in [1.165, 1.54) is 7.11 Å². The van der Waals surface area contributed by atoms with Gasteiger partial charge >= 0.3 is 13.0 Å². The van der Waals surface area contributed by atoms with Crippen molar-refractivity contribution >= 4 is 24.6 Å². The highest BCUT2D eigenvalue weighted by molar-refractivity contribution is 6.78. The summed E-state index contributed by atoms with van der Waals surface area (Å²) in [5.74, 6) is -1.57. The van der Waals surface area contributed by atoms with Gasteiger partial charge < -0.3 is 19.4 Å². The van der Waals surface area contributed by atoms with E-state index in [1.54, 1.807) is 44.3 Å². The van der Waals surface area contributed by atoms with Crippen LogP contribution in [-0.2, 0) is 18.8 Å². The number of carbonyl (C=O) groups is 3. The molecule has 24 heavy (non-hydrogen) atoms. The van der Waals surface area contributed by atoms with Crippen molar-refractivity contribution in [1.82, 2.24) is 5.32 Å². The van der Waals surface area contributed by atoms with Gasteiger partial charge in [0.25, 0.3) is 0 Å². The second-order valence-electron chi connectivity index (χ2n) is 5.20. The summed E-state index contributed by atoms with van der Waals surface area (Å²) in [5, 5.41) is 2.76. The molecule has 0 bridgehead atoms. The van der Waals surface area contributed by atoms with E-state index in [0.717, 1.165) is 0 Å². The topological polar surface area (TPSA) is 90.9 Å². The predicted octanol–water partition coefficient (Wildman–Crippen LogP) is 1.16. The maximum atomic E-state index is 11.9. The normalized spacial score (nSPS) is 11.6. The molecule has 0 saturated heterocycles. The summed E-state index contributed by atoms with van der Waals surface area (Å²) in [6.45, 7) is 1.52. The molecule has 0 aliphatic rings. The minimum absolute atomic E-state index is 0.0146. The smallest absolute Gasteiger partial charge is 0.460 e. The molecule has 0 aromatic heterocycles. The lowest BCUT2D eigenvalue weighted by atomic mass is 9.90. The maximum Gasteiger partial charge on any atom is 0.584 e. The average molecular weight is 335 g/mol. The van der Waals surface area contributed by atoms with E-state index in [-0.39, 0.29) is 24.7 Å². The van der Waals surface area contributed by atoms with Crippen LogP contribution in [-0.4, -0.2) is 58.5 Å². The second-order valence-corrected chi connectivity index (χ2v) is 5.20. The van der Waals surface area contributed by atoms with Crippen molar-refractivity contribution in [2.24, 2.45) is 5.92 Å². The van der Waals surface area contributed by atoms with Crippen molar-refractivity contribution in [3.8, 4) is 0 Å². The van der Waals surface area contributed by atoms with E-state index in [0.29, 0.717) is 5.56 Å². The van der Waals surface area contributed by atoms with Crippen molar-refractivity contribution < 1.29 is 28.4 Å². The predicted molar refractivity (Wildman–Crippen MR) is 88.9 cm³/mol. The monoisotopic (exact) mass is 335 g/mol. The Balaban J connectivity index is 2.43. The molecule has 0 unspecified atom stereocenters. The Bertz CT molecular complexity index is 551. The first-order chi connectivity index (χ1) is 11.5. The molecule has 1 N–H and O–H groups in total. The van der Waals surface area contributed by atoms with Crippen LogP contribution in [0.3, 0.4) is 0 Å². The van der Waals surface area contributed by atoms with E-state index in [1.807, 2.05) is 0 Å². The summed E-state index contributed by atoms with van der Waals surface area (Å²) in [6.07, 6.45) is 0. The Labute approximate surface area is 141 Å². The zero-order valence-corrected chi connectivity index (χ0v) is 14.1. The lowest BCUT2D eigenvalue weighted by Gasteiger charge is -2.14. The molecule has 0 amide bonds. The lowest BCUT2D eigenvalue weighted by Crippen LogP contribution is -2.37. The number of hydrogen-bond donors (Lipinski definition) is 1. The Hall–Kier alpha value is -2.03. The number of ether oxygens (including phenoxy) is 1. The van der Waals surface area contributed by atoms with Crippen LogP contribution in [0.2, 0.25) is 0 Å². The average Bonchev–Trinajstić information content (AvgIpc) is 2.60. The van der Waals surface area contributed by atoms with Gasteiger partial charge in [-0.15, -0.1) is 0 Å². The number of carbonyl (C=O) groups excluding carboxylic acids is 3. The first-order valence-corrected chi connectivity index (χ1v) is 7.56. The van der Waals surface area contributed by atoms with Crippen LogP contribution >= 0.6 is 0 Å². The molecule has 7 nitrogen and oxygen atoms in total. The van der Waals surface area contributed by atoms with Crippen molar-refractivity contribution in [2.45, 2.75) is 6.92 Å². The molecule has 0 spiro atoms. The zero-order chi connectivity index (χ0) is 17.9. The summed E-state index contributed by atoms with van der Waals surface area (Å²) in [4.78, 5) is 35.4. The molecular formula is C16H22BNO6. The standard InChI is InChI=1S/C16H22BNO6/c1-12(14(19)9-18-2)10-24-17(22-3)16(21)23-11-15(20)13-7-5-4-6-8-13/h4-8,12,18H,9-11H2,1-3H3/t12-/m1/s1. The summed E-state index contributed by atoms with van der Waals surface area (Å²) in [5.41, 5.74) is 0.450. The van der Waals surface area contributed by atoms with Gasteiger partial charge in [-0.25, -0.2) is 0 Å². The van der Waals surface area contributed by atoms with E-state index >= 15 is 0 Å². The van der Waals surface area contributed by atoms with E-state index in [9.17, 15) is 14.4 Å². The highest BCUT2D eigenvalue weighted by atomic mass is 16.6. The molecule has 0 saturated carbocycles. The number of hydrogen-bond acceptors (Lipinski definition) is 7. The van der Waals surface area contributed by atoms with Gasteiger partial charge in [0.05, 0.1) is 6.54 Å². The van der Waals surface area contributed by atoms with E-state index < -0.39 is 25.5 Å². The third-order valence-electron chi connectivity index (χ3n) is 3.25. The Morgan fingerprint density at radius 3 is 2.46 bits per heavy atom. The van der Waals surface area contributed by atoms with Crippen LogP contribution in [0.5, 0.6) is 0 Å². The molecule has 0 radical (unpaired) electrons. The lowest BCUT2D eigenvalue weighted by molar-refractivity contribution is -0.122. The van der Waals surface area contributed by atoms with E-state index in [2.05, 4.69) is 5.32 Å². The van der Waals surface area contributed by atoms with Crippen molar-refractivity contribution in [1.29, 1.82) is 0 Å². The number of Topliss-reactive ketones (excluding diaryl/α,β-unsaturated/α-hetero) is 2. The number of nitrogens with one attached hydrogen (secondary N) is 1. The minimum atomic E-state index is -1.28. The number of likely N-dealkylation sites (N-methyl/N-ethyl adjacent to an activating group) is 1. The Morgan fingerprint density at radius 2 is 1.88 bits per heavy atom. The van der Waals surface area contributed by atoms with Crippen LogP contribution < -0.4 is 5.32 Å². The highest BCUT2D eigenvalue weighted by Gasteiger charge is 2.31. The molecule has 0 aliphatic carbocycles. The summed E-state index contributed by atoms with van der Waals surface area (Å²) < 4.78 is 15.1. The number of rotatable bonds is 11. The molecule has 130 valence electrons. The van der Waals surface area contributed by atoms with Gasteiger partial charge in [-0.3, -0.25) is 14.4 Å². The molecule has 0 fully saturated rings. The molecule has 1 rings (SSSR count). The Kier molecular flexibility index (Phi) is 8.92. The van der Waals surface area contributed by atoms with Gasteiger partial charge in [-0.1, -0.05) is 37.3 Å². The summed E-state index contributed by atoms with van der Waals surface area (Å²) in [7, 11) is 1.67. The number of ketones is 2. The Morgan fingerprint density at radius 1 is 1.21 bits per heavy atom. The molecular weight excluding hydrogens is 313 g/mol. The molecule has 1 aromatic rings. The minimum Gasteiger partial charge on any atom is -0.460 e.